The normalized spacial score (nSPS) is 20.0. The quantitative estimate of drug-likeness (QED) is 0.788. The summed E-state index contributed by atoms with van der Waals surface area (Å²) in [7, 11) is 0. The Labute approximate surface area is 169 Å². The van der Waals surface area contributed by atoms with Gasteiger partial charge in [0.05, 0.1) is 5.92 Å². The van der Waals surface area contributed by atoms with E-state index in [1.807, 2.05) is 0 Å². The van der Waals surface area contributed by atoms with Gasteiger partial charge in [0, 0.05) is 24.6 Å². The fraction of sp³-hybridized carbons (Fsp3) is 0.474. The lowest BCUT2D eigenvalue weighted by atomic mass is 10.1. The molecule has 8 nitrogen and oxygen atoms in total. The molecule has 4 rings (SSSR count). The van der Waals surface area contributed by atoms with Crippen molar-refractivity contribution >= 4 is 23.5 Å². The lowest BCUT2D eigenvalue weighted by Gasteiger charge is -2.17. The number of rotatable bonds is 5. The van der Waals surface area contributed by atoms with Gasteiger partial charge in [0.1, 0.15) is 5.75 Å². The smallest absolute Gasteiger partial charge is 0.407 e. The van der Waals surface area contributed by atoms with Gasteiger partial charge in [0.2, 0.25) is 17.7 Å². The maximum Gasteiger partial charge on any atom is 0.573 e. The predicted octanol–water partition coefficient (Wildman–Crippen LogP) is 3.62. The lowest BCUT2D eigenvalue weighted by Crippen LogP contribution is -2.24. The molecule has 30 heavy (non-hydrogen) atoms. The Morgan fingerprint density at radius 1 is 1.17 bits per heavy atom. The van der Waals surface area contributed by atoms with Crippen LogP contribution in [0.4, 0.5) is 24.9 Å². The van der Waals surface area contributed by atoms with Crippen LogP contribution in [0.15, 0.2) is 28.7 Å². The summed E-state index contributed by atoms with van der Waals surface area (Å²) in [5, 5.41) is 10.4. The highest BCUT2D eigenvalue weighted by Crippen LogP contribution is 2.33. The van der Waals surface area contributed by atoms with Crippen LogP contribution in [0.5, 0.6) is 5.75 Å². The Hall–Kier alpha value is -3.11. The minimum Gasteiger partial charge on any atom is -0.407 e. The number of carbonyl (C=O) groups excluding carboxylic acids is 2. The summed E-state index contributed by atoms with van der Waals surface area (Å²) in [4.78, 5) is 26.0. The van der Waals surface area contributed by atoms with E-state index in [1.54, 1.807) is 0 Å². The molecule has 1 unspecified atom stereocenters. The molecule has 1 aromatic carbocycles. The first-order valence-electron chi connectivity index (χ1n) is 9.59. The van der Waals surface area contributed by atoms with E-state index in [9.17, 15) is 22.8 Å². The molecule has 2 aliphatic rings. The summed E-state index contributed by atoms with van der Waals surface area (Å²) in [6.45, 7) is 0.233. The van der Waals surface area contributed by atoms with E-state index in [-0.39, 0.29) is 54.3 Å². The van der Waals surface area contributed by atoms with Crippen LogP contribution in [0.25, 0.3) is 0 Å². The molecule has 0 radical (unpaired) electrons. The van der Waals surface area contributed by atoms with E-state index >= 15 is 0 Å². The van der Waals surface area contributed by atoms with Gasteiger partial charge in [-0.2, -0.15) is 0 Å². The van der Waals surface area contributed by atoms with E-state index < -0.39 is 6.36 Å². The molecule has 2 aromatic rings. The van der Waals surface area contributed by atoms with Gasteiger partial charge in [-0.25, -0.2) is 0 Å². The van der Waals surface area contributed by atoms with Gasteiger partial charge in [0.15, 0.2) is 0 Å². The minimum atomic E-state index is -4.78. The highest BCUT2D eigenvalue weighted by atomic mass is 19.4. The molecule has 1 saturated carbocycles. The number of benzene rings is 1. The standard InChI is InChI=1S/C19H19F3N4O4/c20-19(21,22)30-14-7-5-13(6-8-14)26-10-12(9-15(26)27)17-24-25-18(29-17)23-16(28)11-3-1-2-4-11/h5-8,11-12H,1-4,9-10H2,(H,23,25,28). The predicted molar refractivity (Wildman–Crippen MR) is 97.7 cm³/mol. The summed E-state index contributed by atoms with van der Waals surface area (Å²) in [6.07, 6.45) is -0.942. The Morgan fingerprint density at radius 3 is 2.53 bits per heavy atom. The lowest BCUT2D eigenvalue weighted by molar-refractivity contribution is -0.274. The Kier molecular flexibility index (Phi) is 5.35. The van der Waals surface area contributed by atoms with Gasteiger partial charge in [-0.15, -0.1) is 18.3 Å². The zero-order valence-electron chi connectivity index (χ0n) is 15.8. The van der Waals surface area contributed by atoms with Gasteiger partial charge in [0.25, 0.3) is 0 Å². The first-order chi connectivity index (χ1) is 14.3. The Balaban J connectivity index is 1.39. The van der Waals surface area contributed by atoms with Crippen LogP contribution in [-0.4, -0.2) is 34.9 Å². The van der Waals surface area contributed by atoms with Crippen LogP contribution in [0.1, 0.15) is 43.9 Å². The van der Waals surface area contributed by atoms with Crippen LogP contribution >= 0.6 is 0 Å². The van der Waals surface area contributed by atoms with Crippen LogP contribution in [0, 0.1) is 5.92 Å². The fourth-order valence-corrected chi connectivity index (χ4v) is 3.80. The molecule has 1 saturated heterocycles. The zero-order valence-corrected chi connectivity index (χ0v) is 15.8. The molecule has 1 N–H and O–H groups in total. The molecule has 0 bridgehead atoms. The number of aromatic nitrogens is 2. The van der Waals surface area contributed by atoms with Crippen molar-refractivity contribution in [3.05, 3.63) is 30.2 Å². The van der Waals surface area contributed by atoms with Crippen LogP contribution < -0.4 is 15.0 Å². The van der Waals surface area contributed by atoms with Gasteiger partial charge >= 0.3 is 12.4 Å². The monoisotopic (exact) mass is 424 g/mol. The average molecular weight is 424 g/mol. The highest BCUT2D eigenvalue weighted by molar-refractivity contribution is 5.96. The number of nitrogens with zero attached hydrogens (tertiary/aromatic N) is 3. The molecule has 160 valence electrons. The molecule has 0 spiro atoms. The summed E-state index contributed by atoms with van der Waals surface area (Å²) in [6, 6.07) is 5.05. The number of halogens is 3. The van der Waals surface area contributed by atoms with Crippen molar-refractivity contribution in [3.63, 3.8) is 0 Å². The number of hydrogen-bond acceptors (Lipinski definition) is 6. The fourth-order valence-electron chi connectivity index (χ4n) is 3.80. The summed E-state index contributed by atoms with van der Waals surface area (Å²) < 4.78 is 46.2. The second kappa shape index (κ2) is 7.96. The maximum absolute atomic E-state index is 12.4. The largest absolute Gasteiger partial charge is 0.573 e. The summed E-state index contributed by atoms with van der Waals surface area (Å²) in [5.74, 6) is -0.938. The molecule has 2 fully saturated rings. The van der Waals surface area contributed by atoms with Gasteiger partial charge in [-0.3, -0.25) is 14.9 Å². The van der Waals surface area contributed by atoms with E-state index in [2.05, 4.69) is 20.3 Å². The van der Waals surface area contributed by atoms with E-state index in [1.165, 1.54) is 17.0 Å². The topological polar surface area (TPSA) is 97.6 Å². The molecule has 2 amide bonds. The van der Waals surface area contributed by atoms with Crippen molar-refractivity contribution in [2.75, 3.05) is 16.8 Å². The average Bonchev–Trinajstić information content (AvgIpc) is 3.41. The minimum absolute atomic E-state index is 0.00134. The molecule has 11 heteroatoms. The van der Waals surface area contributed by atoms with Gasteiger partial charge < -0.3 is 14.1 Å². The summed E-state index contributed by atoms with van der Waals surface area (Å²) in [5.41, 5.74) is 0.436. The SMILES string of the molecule is O=C(Nc1nnc(C2CC(=O)N(c3ccc(OC(F)(F)F)cc3)C2)o1)C1CCCC1. The van der Waals surface area contributed by atoms with E-state index in [4.69, 9.17) is 4.42 Å². The van der Waals surface area contributed by atoms with Crippen molar-refractivity contribution in [2.45, 2.75) is 44.4 Å². The van der Waals surface area contributed by atoms with Gasteiger partial charge in [-0.05, 0) is 37.1 Å². The third kappa shape index (κ3) is 4.55. The van der Waals surface area contributed by atoms with Crippen molar-refractivity contribution in [1.29, 1.82) is 0 Å². The third-order valence-corrected chi connectivity index (χ3v) is 5.25. The number of alkyl halides is 3. The molecule has 1 aliphatic heterocycles. The second-order valence-corrected chi connectivity index (χ2v) is 7.36. The van der Waals surface area contributed by atoms with Crippen LogP contribution in [-0.2, 0) is 9.59 Å². The first kappa shape index (κ1) is 20.2. The van der Waals surface area contributed by atoms with Crippen LogP contribution in [0.3, 0.4) is 0 Å². The van der Waals surface area contributed by atoms with Crippen molar-refractivity contribution in [3.8, 4) is 5.75 Å². The number of anilines is 2. The Morgan fingerprint density at radius 2 is 1.87 bits per heavy atom. The van der Waals surface area contributed by atoms with E-state index in [0.717, 1.165) is 37.8 Å². The van der Waals surface area contributed by atoms with Crippen LogP contribution in [0.2, 0.25) is 0 Å². The molecular formula is C19H19F3N4O4. The number of carbonyl (C=O) groups is 2. The van der Waals surface area contributed by atoms with Crippen molar-refractivity contribution in [1.82, 2.24) is 10.2 Å². The van der Waals surface area contributed by atoms with E-state index in [0.29, 0.717) is 5.69 Å². The molecule has 1 aliphatic carbocycles. The Bertz CT molecular complexity index is 923. The number of amides is 2. The third-order valence-electron chi connectivity index (χ3n) is 5.25. The highest BCUT2D eigenvalue weighted by Gasteiger charge is 2.36. The first-order valence-corrected chi connectivity index (χ1v) is 9.59. The molecule has 1 aromatic heterocycles. The maximum atomic E-state index is 12.4. The van der Waals surface area contributed by atoms with Crippen molar-refractivity contribution in [2.24, 2.45) is 5.92 Å². The number of nitrogens with one attached hydrogen (secondary N) is 1. The number of ether oxygens (including phenoxy) is 1. The molecular weight excluding hydrogens is 405 g/mol. The van der Waals surface area contributed by atoms with Crippen molar-refractivity contribution < 1.29 is 31.9 Å². The molecule has 2 heterocycles. The number of hydrogen-bond donors (Lipinski definition) is 1. The summed E-state index contributed by atoms with van der Waals surface area (Å²) >= 11 is 0. The van der Waals surface area contributed by atoms with Gasteiger partial charge in [-0.1, -0.05) is 17.9 Å². The second-order valence-electron chi connectivity index (χ2n) is 7.36. The molecule has 1 atom stereocenters. The zero-order chi connectivity index (χ0) is 21.3.